The highest BCUT2D eigenvalue weighted by atomic mass is 16.4. The summed E-state index contributed by atoms with van der Waals surface area (Å²) >= 11 is 0. The molecule has 0 aromatic carbocycles. The largest absolute Gasteiger partial charge is 0.481 e. The van der Waals surface area contributed by atoms with E-state index in [1.165, 1.54) is 12.3 Å². The smallest absolute Gasteiger partial charge is 0.311 e. The van der Waals surface area contributed by atoms with Crippen LogP contribution in [0, 0.1) is 16.7 Å². The van der Waals surface area contributed by atoms with E-state index in [1.54, 1.807) is 0 Å². The highest BCUT2D eigenvalue weighted by molar-refractivity contribution is 5.75. The molecule has 0 radical (unpaired) electrons. The number of anilines is 1. The zero-order valence-electron chi connectivity index (χ0n) is 10.8. The first-order valence-electron chi connectivity index (χ1n) is 6.33. The minimum atomic E-state index is -0.767. The van der Waals surface area contributed by atoms with Gasteiger partial charge in [0, 0.05) is 19.3 Å². The van der Waals surface area contributed by atoms with Gasteiger partial charge in [0.25, 0.3) is 0 Å². The van der Waals surface area contributed by atoms with Crippen LogP contribution in [-0.2, 0) is 4.79 Å². The zero-order chi connectivity index (χ0) is 13.9. The van der Waals surface area contributed by atoms with Crippen LogP contribution in [0.5, 0.6) is 0 Å². The Hall–Kier alpha value is -2.16. The lowest BCUT2D eigenvalue weighted by molar-refractivity contribution is -0.149. The number of hydrogen-bond donors (Lipinski definition) is 1. The number of carboxylic acid groups (broad SMARTS) is 1. The van der Waals surface area contributed by atoms with Crippen molar-refractivity contribution in [1.29, 1.82) is 5.26 Å². The maximum absolute atomic E-state index is 11.5. The third kappa shape index (κ3) is 2.50. The molecule has 1 saturated heterocycles. The van der Waals surface area contributed by atoms with Crippen LogP contribution >= 0.6 is 0 Å². The Labute approximate surface area is 111 Å². The predicted molar refractivity (Wildman–Crippen MR) is 68.6 cm³/mol. The van der Waals surface area contributed by atoms with Crippen molar-refractivity contribution in [3.05, 3.63) is 18.0 Å². The first kappa shape index (κ1) is 13.3. The summed E-state index contributed by atoms with van der Waals surface area (Å²) in [6, 6.07) is 3.51. The van der Waals surface area contributed by atoms with E-state index in [1.807, 2.05) is 17.9 Å². The normalized spacial score (nSPS) is 22.8. The minimum absolute atomic E-state index is 0.299. The van der Waals surface area contributed by atoms with Crippen LogP contribution in [0.3, 0.4) is 0 Å². The van der Waals surface area contributed by atoms with E-state index < -0.39 is 11.4 Å². The van der Waals surface area contributed by atoms with Gasteiger partial charge in [0.1, 0.15) is 11.8 Å². The van der Waals surface area contributed by atoms with E-state index in [0.717, 1.165) is 13.0 Å². The molecule has 1 unspecified atom stereocenters. The molecule has 0 saturated carbocycles. The van der Waals surface area contributed by atoms with Crippen LogP contribution in [0.1, 0.15) is 31.9 Å². The van der Waals surface area contributed by atoms with Gasteiger partial charge in [0.05, 0.1) is 5.41 Å². The fourth-order valence-corrected chi connectivity index (χ4v) is 2.48. The Balaban J connectivity index is 2.26. The average molecular weight is 260 g/mol. The average Bonchev–Trinajstić information content (AvgIpc) is 2.47. The molecule has 0 amide bonds. The monoisotopic (exact) mass is 260 g/mol. The molecule has 1 N–H and O–H groups in total. The number of nitrogens with zero attached hydrogens (tertiary/aromatic N) is 4. The van der Waals surface area contributed by atoms with Crippen LogP contribution in [0.15, 0.2) is 12.3 Å². The van der Waals surface area contributed by atoms with Gasteiger partial charge in [0.15, 0.2) is 0 Å². The number of aliphatic carboxylic acids is 1. The van der Waals surface area contributed by atoms with Crippen molar-refractivity contribution in [2.45, 2.75) is 26.2 Å². The molecule has 0 spiro atoms. The van der Waals surface area contributed by atoms with E-state index in [9.17, 15) is 9.90 Å². The summed E-state index contributed by atoms with van der Waals surface area (Å²) in [5, 5.41) is 18.3. The summed E-state index contributed by atoms with van der Waals surface area (Å²) in [5.74, 6) is -0.325. The van der Waals surface area contributed by atoms with Gasteiger partial charge >= 0.3 is 5.97 Å². The van der Waals surface area contributed by atoms with Gasteiger partial charge in [0.2, 0.25) is 5.95 Å². The Morgan fingerprint density at radius 3 is 3.11 bits per heavy atom. The van der Waals surface area contributed by atoms with Gasteiger partial charge in [-0.3, -0.25) is 4.79 Å². The van der Waals surface area contributed by atoms with Crippen LogP contribution in [0.4, 0.5) is 5.95 Å². The first-order chi connectivity index (χ1) is 9.11. The SMILES string of the molecule is CCC1(C(=O)O)CCCN(c2nccc(C#N)n2)C1. The molecule has 0 aliphatic carbocycles. The number of carboxylic acids is 1. The highest BCUT2D eigenvalue weighted by Crippen LogP contribution is 2.34. The Morgan fingerprint density at radius 2 is 2.47 bits per heavy atom. The van der Waals surface area contributed by atoms with Crippen molar-refractivity contribution in [2.24, 2.45) is 5.41 Å². The summed E-state index contributed by atoms with van der Waals surface area (Å²) in [4.78, 5) is 21.6. The maximum atomic E-state index is 11.5. The summed E-state index contributed by atoms with van der Waals surface area (Å²) < 4.78 is 0. The number of piperidine rings is 1. The van der Waals surface area contributed by atoms with Gasteiger partial charge in [-0.1, -0.05) is 6.92 Å². The molecule has 1 aliphatic rings. The molecule has 1 fully saturated rings. The van der Waals surface area contributed by atoms with Crippen LogP contribution in [-0.4, -0.2) is 34.1 Å². The molecule has 6 heteroatoms. The van der Waals surface area contributed by atoms with Gasteiger partial charge in [-0.25, -0.2) is 9.97 Å². The molecule has 1 aromatic rings. The van der Waals surface area contributed by atoms with Gasteiger partial charge < -0.3 is 10.0 Å². The fourth-order valence-electron chi connectivity index (χ4n) is 2.48. The van der Waals surface area contributed by atoms with E-state index in [-0.39, 0.29) is 0 Å². The molecular formula is C13H16N4O2. The third-order valence-electron chi connectivity index (χ3n) is 3.75. The molecule has 1 aliphatic heterocycles. The molecule has 1 aromatic heterocycles. The number of hydrogen-bond acceptors (Lipinski definition) is 5. The lowest BCUT2D eigenvalue weighted by Crippen LogP contribution is -2.48. The van der Waals surface area contributed by atoms with E-state index in [0.29, 0.717) is 31.0 Å². The number of carbonyl (C=O) groups is 1. The van der Waals surface area contributed by atoms with Crippen molar-refractivity contribution < 1.29 is 9.90 Å². The van der Waals surface area contributed by atoms with Crippen molar-refractivity contribution in [3.63, 3.8) is 0 Å². The second-order valence-corrected chi connectivity index (χ2v) is 4.82. The predicted octanol–water partition coefficient (Wildman–Crippen LogP) is 1.43. The summed E-state index contributed by atoms with van der Waals surface area (Å²) in [6.45, 7) is 3.02. The molecule has 6 nitrogen and oxygen atoms in total. The van der Waals surface area contributed by atoms with Crippen LogP contribution < -0.4 is 4.90 Å². The van der Waals surface area contributed by atoms with Crippen molar-refractivity contribution in [3.8, 4) is 6.07 Å². The van der Waals surface area contributed by atoms with E-state index in [4.69, 9.17) is 5.26 Å². The van der Waals surface area contributed by atoms with Gasteiger partial charge in [-0.05, 0) is 25.3 Å². The third-order valence-corrected chi connectivity index (χ3v) is 3.75. The molecule has 0 bridgehead atoms. The summed E-state index contributed by atoms with van der Waals surface area (Å²) in [7, 11) is 0. The Bertz CT molecular complexity index is 526. The van der Waals surface area contributed by atoms with Crippen LogP contribution in [0.25, 0.3) is 0 Å². The fraction of sp³-hybridized carbons (Fsp3) is 0.538. The number of nitriles is 1. The molecule has 1 atom stereocenters. The lowest BCUT2D eigenvalue weighted by Gasteiger charge is -2.39. The second-order valence-electron chi connectivity index (χ2n) is 4.82. The van der Waals surface area contributed by atoms with E-state index in [2.05, 4.69) is 9.97 Å². The summed E-state index contributed by atoms with van der Waals surface area (Å²) in [5.41, 5.74) is -0.433. The van der Waals surface area contributed by atoms with Crippen molar-refractivity contribution >= 4 is 11.9 Å². The standard InChI is InChI=1S/C13H16N4O2/c1-2-13(11(18)19)5-3-7-17(9-13)12-15-6-4-10(8-14)16-12/h4,6H,2-3,5,7,9H2,1H3,(H,18,19). The lowest BCUT2D eigenvalue weighted by atomic mass is 9.78. The van der Waals surface area contributed by atoms with Gasteiger partial charge in [-0.15, -0.1) is 0 Å². The molecular weight excluding hydrogens is 244 g/mol. The van der Waals surface area contributed by atoms with E-state index >= 15 is 0 Å². The van der Waals surface area contributed by atoms with Crippen molar-refractivity contribution in [1.82, 2.24) is 9.97 Å². The Morgan fingerprint density at radius 1 is 1.68 bits per heavy atom. The van der Waals surface area contributed by atoms with Gasteiger partial charge in [-0.2, -0.15) is 5.26 Å². The topological polar surface area (TPSA) is 90.1 Å². The molecule has 19 heavy (non-hydrogen) atoms. The quantitative estimate of drug-likeness (QED) is 0.884. The maximum Gasteiger partial charge on any atom is 0.311 e. The van der Waals surface area contributed by atoms with Crippen molar-refractivity contribution in [2.75, 3.05) is 18.0 Å². The molecule has 2 rings (SSSR count). The minimum Gasteiger partial charge on any atom is -0.481 e. The summed E-state index contributed by atoms with van der Waals surface area (Å²) in [6.07, 6.45) is 3.58. The number of rotatable bonds is 3. The molecule has 2 heterocycles. The first-order valence-corrected chi connectivity index (χ1v) is 6.33. The number of aromatic nitrogens is 2. The second kappa shape index (κ2) is 5.22. The zero-order valence-corrected chi connectivity index (χ0v) is 10.8. The van der Waals surface area contributed by atoms with Crippen LogP contribution in [0.2, 0.25) is 0 Å². The highest BCUT2D eigenvalue weighted by Gasteiger charge is 2.41. The Kier molecular flexibility index (Phi) is 3.65. The molecule has 100 valence electrons.